The number of hydrogen-bond donors (Lipinski definition) is 3. The van der Waals surface area contributed by atoms with E-state index in [-0.39, 0.29) is 11.7 Å². The van der Waals surface area contributed by atoms with Gasteiger partial charge in [0.25, 0.3) is 5.91 Å². The van der Waals surface area contributed by atoms with Gasteiger partial charge in [-0.2, -0.15) is 0 Å². The monoisotopic (exact) mass is 331 g/mol. The van der Waals surface area contributed by atoms with Gasteiger partial charge in [-0.3, -0.25) is 4.79 Å². The molecule has 1 atom stereocenters. The zero-order valence-corrected chi connectivity index (χ0v) is 13.0. The van der Waals surface area contributed by atoms with Gasteiger partial charge in [-0.05, 0) is 61.0 Å². The number of carbonyl (C=O) groups excluding carboxylic acids is 1. The summed E-state index contributed by atoms with van der Waals surface area (Å²) in [5, 5.41) is 12.3. The highest BCUT2D eigenvalue weighted by Gasteiger charge is 2.15. The normalized spacial score (nSPS) is 12.1. The minimum Gasteiger partial charge on any atom is -0.508 e. The molecule has 1 unspecified atom stereocenters. The summed E-state index contributed by atoms with van der Waals surface area (Å²) in [6.07, 6.45) is -0.694. The van der Waals surface area contributed by atoms with Crippen molar-refractivity contribution in [3.8, 4) is 11.5 Å². The SMILES string of the molecule is CC(Oc1ccc(O)cc1)C(=O)Nc1ccc2nc(Cl)[nH]c2c1. The number of aromatic nitrogens is 2. The number of halogens is 1. The highest BCUT2D eigenvalue weighted by molar-refractivity contribution is 6.29. The summed E-state index contributed by atoms with van der Waals surface area (Å²) in [5.41, 5.74) is 2.07. The third kappa shape index (κ3) is 3.54. The second-order valence-corrected chi connectivity index (χ2v) is 5.36. The van der Waals surface area contributed by atoms with Crippen LogP contribution in [0, 0.1) is 0 Å². The number of nitrogens with zero attached hydrogens (tertiary/aromatic N) is 1. The van der Waals surface area contributed by atoms with E-state index in [1.54, 1.807) is 37.3 Å². The van der Waals surface area contributed by atoms with Crippen LogP contribution in [0.25, 0.3) is 11.0 Å². The van der Waals surface area contributed by atoms with Crippen LogP contribution in [-0.2, 0) is 4.79 Å². The minimum absolute atomic E-state index is 0.140. The predicted molar refractivity (Wildman–Crippen MR) is 87.9 cm³/mol. The molecule has 6 nitrogen and oxygen atoms in total. The maximum atomic E-state index is 12.2. The number of amides is 1. The number of aromatic amines is 1. The number of fused-ring (bicyclic) bond motifs is 1. The Morgan fingerprint density at radius 3 is 2.78 bits per heavy atom. The minimum atomic E-state index is -0.694. The molecule has 1 heterocycles. The molecule has 0 aliphatic carbocycles. The van der Waals surface area contributed by atoms with Crippen molar-refractivity contribution in [2.75, 3.05) is 5.32 Å². The summed E-state index contributed by atoms with van der Waals surface area (Å²) in [6, 6.07) is 11.4. The average Bonchev–Trinajstić information content (AvgIpc) is 2.88. The Balaban J connectivity index is 1.67. The van der Waals surface area contributed by atoms with E-state index in [9.17, 15) is 9.90 Å². The number of aromatic hydroxyl groups is 1. The maximum absolute atomic E-state index is 12.2. The molecular weight excluding hydrogens is 318 g/mol. The summed E-state index contributed by atoms with van der Waals surface area (Å²) < 4.78 is 5.53. The van der Waals surface area contributed by atoms with Crippen molar-refractivity contribution in [2.45, 2.75) is 13.0 Å². The van der Waals surface area contributed by atoms with Gasteiger partial charge in [0.2, 0.25) is 5.28 Å². The Bertz CT molecular complexity index is 845. The lowest BCUT2D eigenvalue weighted by molar-refractivity contribution is -0.122. The quantitative estimate of drug-likeness (QED) is 0.684. The fraction of sp³-hybridized carbons (Fsp3) is 0.125. The van der Waals surface area contributed by atoms with Gasteiger partial charge < -0.3 is 20.1 Å². The van der Waals surface area contributed by atoms with Crippen LogP contribution in [0.1, 0.15) is 6.92 Å². The number of nitrogens with one attached hydrogen (secondary N) is 2. The number of imidazole rings is 1. The van der Waals surface area contributed by atoms with E-state index in [1.807, 2.05) is 0 Å². The summed E-state index contributed by atoms with van der Waals surface area (Å²) in [7, 11) is 0. The van der Waals surface area contributed by atoms with E-state index in [0.717, 1.165) is 11.0 Å². The smallest absolute Gasteiger partial charge is 0.265 e. The molecule has 1 amide bonds. The first-order valence-corrected chi connectivity index (χ1v) is 7.31. The topological polar surface area (TPSA) is 87.2 Å². The second kappa shape index (κ2) is 6.18. The fourth-order valence-electron chi connectivity index (χ4n) is 2.08. The van der Waals surface area contributed by atoms with E-state index >= 15 is 0 Å². The lowest BCUT2D eigenvalue weighted by atomic mass is 10.2. The molecule has 0 saturated carbocycles. The number of anilines is 1. The molecule has 7 heteroatoms. The van der Waals surface area contributed by atoms with Crippen molar-refractivity contribution >= 4 is 34.2 Å². The predicted octanol–water partition coefficient (Wildman–Crippen LogP) is 3.33. The zero-order chi connectivity index (χ0) is 16.4. The van der Waals surface area contributed by atoms with Crippen molar-refractivity contribution in [1.82, 2.24) is 9.97 Å². The van der Waals surface area contributed by atoms with E-state index in [1.165, 1.54) is 12.1 Å². The van der Waals surface area contributed by atoms with Crippen LogP contribution in [0.4, 0.5) is 5.69 Å². The number of carbonyl (C=O) groups is 1. The highest BCUT2D eigenvalue weighted by Crippen LogP contribution is 2.20. The molecule has 118 valence electrons. The van der Waals surface area contributed by atoms with Gasteiger partial charge in [-0.15, -0.1) is 0 Å². The van der Waals surface area contributed by atoms with Crippen LogP contribution in [-0.4, -0.2) is 27.1 Å². The zero-order valence-electron chi connectivity index (χ0n) is 12.2. The average molecular weight is 332 g/mol. The standard InChI is InChI=1S/C16H14ClN3O3/c1-9(23-12-5-3-11(21)4-6-12)15(22)18-10-2-7-13-14(8-10)20-16(17)19-13/h2-9,21H,1H3,(H,18,22)(H,19,20). The van der Waals surface area contributed by atoms with Gasteiger partial charge in [0.05, 0.1) is 11.0 Å². The number of ether oxygens (including phenoxy) is 1. The van der Waals surface area contributed by atoms with Crippen molar-refractivity contribution < 1.29 is 14.6 Å². The molecular formula is C16H14ClN3O3. The van der Waals surface area contributed by atoms with E-state index < -0.39 is 6.10 Å². The van der Waals surface area contributed by atoms with Crippen LogP contribution >= 0.6 is 11.6 Å². The van der Waals surface area contributed by atoms with Gasteiger partial charge in [0.15, 0.2) is 6.10 Å². The molecule has 3 aromatic rings. The number of phenolic OH excluding ortho intramolecular Hbond substituents is 1. The first kappa shape index (κ1) is 15.2. The molecule has 1 aromatic heterocycles. The van der Waals surface area contributed by atoms with Gasteiger partial charge in [0, 0.05) is 5.69 Å². The first-order valence-electron chi connectivity index (χ1n) is 6.93. The molecule has 0 aliphatic rings. The lowest BCUT2D eigenvalue weighted by Crippen LogP contribution is -2.30. The molecule has 3 N–H and O–H groups in total. The Morgan fingerprint density at radius 1 is 1.30 bits per heavy atom. The Labute approximate surface area is 137 Å². The highest BCUT2D eigenvalue weighted by atomic mass is 35.5. The fourth-order valence-corrected chi connectivity index (χ4v) is 2.28. The van der Waals surface area contributed by atoms with E-state index in [0.29, 0.717) is 16.7 Å². The van der Waals surface area contributed by atoms with Gasteiger partial charge in [-0.25, -0.2) is 4.98 Å². The van der Waals surface area contributed by atoms with Gasteiger partial charge in [0.1, 0.15) is 11.5 Å². The second-order valence-electron chi connectivity index (χ2n) is 5.00. The molecule has 0 aliphatic heterocycles. The summed E-state index contributed by atoms with van der Waals surface area (Å²) >= 11 is 5.80. The molecule has 0 fully saturated rings. The first-order chi connectivity index (χ1) is 11.0. The number of hydrogen-bond acceptors (Lipinski definition) is 4. The van der Waals surface area contributed by atoms with Crippen molar-refractivity contribution in [2.24, 2.45) is 0 Å². The largest absolute Gasteiger partial charge is 0.508 e. The molecule has 0 radical (unpaired) electrons. The third-order valence-corrected chi connectivity index (χ3v) is 3.42. The van der Waals surface area contributed by atoms with E-state index in [4.69, 9.17) is 16.3 Å². The van der Waals surface area contributed by atoms with Gasteiger partial charge in [-0.1, -0.05) is 0 Å². The molecule has 0 spiro atoms. The number of rotatable bonds is 4. The molecule has 0 saturated heterocycles. The van der Waals surface area contributed by atoms with Gasteiger partial charge >= 0.3 is 0 Å². The summed E-state index contributed by atoms with van der Waals surface area (Å²) in [4.78, 5) is 19.2. The number of benzene rings is 2. The van der Waals surface area contributed by atoms with Crippen LogP contribution in [0.15, 0.2) is 42.5 Å². The molecule has 2 aromatic carbocycles. The van der Waals surface area contributed by atoms with Crippen LogP contribution in [0.3, 0.4) is 0 Å². The van der Waals surface area contributed by atoms with Crippen molar-refractivity contribution in [3.63, 3.8) is 0 Å². The molecule has 0 bridgehead atoms. The van der Waals surface area contributed by atoms with Crippen LogP contribution < -0.4 is 10.1 Å². The molecule has 23 heavy (non-hydrogen) atoms. The van der Waals surface area contributed by atoms with E-state index in [2.05, 4.69) is 15.3 Å². The van der Waals surface area contributed by atoms with Crippen LogP contribution in [0.2, 0.25) is 5.28 Å². The van der Waals surface area contributed by atoms with Crippen LogP contribution in [0.5, 0.6) is 11.5 Å². The number of phenols is 1. The van der Waals surface area contributed by atoms with Crippen molar-refractivity contribution in [3.05, 3.63) is 47.7 Å². The Morgan fingerprint density at radius 2 is 2.04 bits per heavy atom. The maximum Gasteiger partial charge on any atom is 0.265 e. The Hall–Kier alpha value is -2.73. The lowest BCUT2D eigenvalue weighted by Gasteiger charge is -2.14. The van der Waals surface area contributed by atoms with Crippen molar-refractivity contribution in [1.29, 1.82) is 0 Å². The summed E-state index contributed by atoms with van der Waals surface area (Å²) in [6.45, 7) is 1.65. The third-order valence-electron chi connectivity index (χ3n) is 3.24. The summed E-state index contributed by atoms with van der Waals surface area (Å²) in [5.74, 6) is 0.352. The molecule has 3 rings (SSSR count). The number of H-pyrrole nitrogens is 1. The Kier molecular flexibility index (Phi) is 4.08.